The maximum atomic E-state index is 6.31. The number of nitrogens with zero attached hydrogens (tertiary/aromatic N) is 4. The van der Waals surface area contributed by atoms with Crippen LogP contribution in [0.5, 0.6) is 0 Å². The van der Waals surface area contributed by atoms with Gasteiger partial charge in [0.15, 0.2) is 6.29 Å². The standard InChI is InChI=1S/C19H21N5O/c20-19-21-15(8-9-23(19)14-6-7-14)17-16-12-25-11-10-24(16)22-18(17)13-4-2-1-3-5-13/h1-5,8-9,14,19H,6-7,10-12,20H2. The first-order valence-corrected chi connectivity index (χ1v) is 8.83. The van der Waals surface area contributed by atoms with Crippen LogP contribution in [0.25, 0.3) is 11.3 Å². The van der Waals surface area contributed by atoms with E-state index in [1.165, 1.54) is 12.8 Å². The summed E-state index contributed by atoms with van der Waals surface area (Å²) in [5.74, 6) is 0. The van der Waals surface area contributed by atoms with Crippen LogP contribution in [0.4, 0.5) is 0 Å². The Kier molecular flexibility index (Phi) is 3.46. The monoisotopic (exact) mass is 335 g/mol. The lowest BCUT2D eigenvalue weighted by atomic mass is 10.0. The Morgan fingerprint density at radius 2 is 2.00 bits per heavy atom. The summed E-state index contributed by atoms with van der Waals surface area (Å²) in [6, 6.07) is 10.8. The van der Waals surface area contributed by atoms with Crippen LogP contribution in [0.2, 0.25) is 0 Å². The maximum Gasteiger partial charge on any atom is 0.174 e. The van der Waals surface area contributed by atoms with Gasteiger partial charge >= 0.3 is 0 Å². The van der Waals surface area contributed by atoms with E-state index in [-0.39, 0.29) is 6.29 Å². The Hall–Kier alpha value is -2.44. The topological polar surface area (TPSA) is 68.7 Å². The minimum atomic E-state index is -0.323. The van der Waals surface area contributed by atoms with Crippen molar-refractivity contribution in [2.45, 2.75) is 38.3 Å². The fraction of sp³-hybridized carbons (Fsp3) is 0.368. The van der Waals surface area contributed by atoms with Gasteiger partial charge in [0.1, 0.15) is 5.69 Å². The molecule has 3 aliphatic rings. The van der Waals surface area contributed by atoms with Crippen LogP contribution in [-0.2, 0) is 17.9 Å². The fourth-order valence-electron chi connectivity index (χ4n) is 3.57. The summed E-state index contributed by atoms with van der Waals surface area (Å²) in [7, 11) is 0. The predicted molar refractivity (Wildman–Crippen MR) is 95.8 cm³/mol. The molecule has 1 aromatic carbocycles. The zero-order valence-corrected chi connectivity index (χ0v) is 14.0. The summed E-state index contributed by atoms with van der Waals surface area (Å²) in [5.41, 5.74) is 11.4. The Morgan fingerprint density at radius 3 is 2.76 bits per heavy atom. The lowest BCUT2D eigenvalue weighted by Crippen LogP contribution is -2.41. The highest BCUT2D eigenvalue weighted by molar-refractivity contribution is 6.13. The molecule has 2 aromatic rings. The van der Waals surface area contributed by atoms with Crippen molar-refractivity contribution in [2.24, 2.45) is 10.7 Å². The number of hydrogen-bond donors (Lipinski definition) is 1. The molecule has 1 unspecified atom stereocenters. The molecule has 1 saturated carbocycles. The SMILES string of the molecule is NC1N=C(c2c(-c3ccccc3)nn3c2COCC3)C=CN1C1CC1. The van der Waals surface area contributed by atoms with Crippen molar-refractivity contribution in [1.29, 1.82) is 0 Å². The van der Waals surface area contributed by atoms with Gasteiger partial charge in [-0.25, -0.2) is 4.99 Å². The van der Waals surface area contributed by atoms with Gasteiger partial charge in [0.05, 0.1) is 36.7 Å². The summed E-state index contributed by atoms with van der Waals surface area (Å²) >= 11 is 0. The molecule has 1 atom stereocenters. The second-order valence-corrected chi connectivity index (χ2v) is 6.73. The number of fused-ring (bicyclic) bond motifs is 1. The maximum absolute atomic E-state index is 6.31. The van der Waals surface area contributed by atoms with Crippen LogP contribution in [0.15, 0.2) is 47.6 Å². The van der Waals surface area contributed by atoms with Gasteiger partial charge in [0, 0.05) is 17.8 Å². The van der Waals surface area contributed by atoms with Crippen LogP contribution >= 0.6 is 0 Å². The normalized spacial score (nSPS) is 22.7. The van der Waals surface area contributed by atoms with E-state index in [1.54, 1.807) is 0 Å². The van der Waals surface area contributed by atoms with Crippen molar-refractivity contribution in [3.63, 3.8) is 0 Å². The van der Waals surface area contributed by atoms with E-state index >= 15 is 0 Å². The first-order valence-electron chi connectivity index (χ1n) is 8.83. The third-order valence-electron chi connectivity index (χ3n) is 5.00. The Labute approximate surface area is 146 Å². The number of hydrogen-bond acceptors (Lipinski definition) is 5. The van der Waals surface area contributed by atoms with Crippen molar-refractivity contribution in [3.8, 4) is 11.3 Å². The van der Waals surface area contributed by atoms with E-state index < -0.39 is 0 Å². The van der Waals surface area contributed by atoms with Gasteiger partial charge in [0.2, 0.25) is 0 Å². The molecule has 2 N–H and O–H groups in total. The van der Waals surface area contributed by atoms with Gasteiger partial charge in [-0.2, -0.15) is 5.10 Å². The van der Waals surface area contributed by atoms with E-state index in [9.17, 15) is 0 Å². The first-order chi connectivity index (χ1) is 12.3. The molecule has 0 saturated heterocycles. The second-order valence-electron chi connectivity index (χ2n) is 6.73. The molecular formula is C19H21N5O. The number of ether oxygens (including phenoxy) is 1. The van der Waals surface area contributed by atoms with Crippen LogP contribution in [0.1, 0.15) is 24.1 Å². The zero-order chi connectivity index (χ0) is 16.8. The average Bonchev–Trinajstić information content (AvgIpc) is 3.41. The van der Waals surface area contributed by atoms with Gasteiger partial charge in [-0.15, -0.1) is 0 Å². The number of aliphatic imine (C=N–C) groups is 1. The molecule has 6 heteroatoms. The fourth-order valence-corrected chi connectivity index (χ4v) is 3.57. The van der Waals surface area contributed by atoms with Crippen molar-refractivity contribution < 1.29 is 4.74 Å². The van der Waals surface area contributed by atoms with Crippen molar-refractivity contribution in [3.05, 3.63) is 53.9 Å². The highest BCUT2D eigenvalue weighted by Crippen LogP contribution is 2.33. The number of benzene rings is 1. The van der Waals surface area contributed by atoms with E-state index in [2.05, 4.69) is 34.0 Å². The lowest BCUT2D eigenvalue weighted by Gasteiger charge is -2.28. The molecule has 0 spiro atoms. The average molecular weight is 335 g/mol. The zero-order valence-electron chi connectivity index (χ0n) is 14.0. The van der Waals surface area contributed by atoms with Crippen LogP contribution in [0, 0.1) is 0 Å². The van der Waals surface area contributed by atoms with Crippen LogP contribution < -0.4 is 5.73 Å². The number of allylic oxidation sites excluding steroid dienone is 1. The highest BCUT2D eigenvalue weighted by Gasteiger charge is 2.33. The largest absolute Gasteiger partial charge is 0.373 e. The molecule has 0 amide bonds. The Morgan fingerprint density at radius 1 is 1.16 bits per heavy atom. The molecule has 3 heterocycles. The summed E-state index contributed by atoms with van der Waals surface area (Å²) in [5, 5.41) is 4.86. The second kappa shape index (κ2) is 5.82. The third kappa shape index (κ3) is 2.58. The molecule has 0 bridgehead atoms. The summed E-state index contributed by atoms with van der Waals surface area (Å²) in [6.45, 7) is 2.02. The van der Waals surface area contributed by atoms with Crippen molar-refractivity contribution >= 4 is 5.71 Å². The highest BCUT2D eigenvalue weighted by atomic mass is 16.5. The molecule has 0 radical (unpaired) electrons. The quantitative estimate of drug-likeness (QED) is 0.933. The van der Waals surface area contributed by atoms with Gasteiger partial charge < -0.3 is 9.64 Å². The first kappa shape index (κ1) is 14.9. The molecular weight excluding hydrogens is 314 g/mol. The summed E-state index contributed by atoms with van der Waals surface area (Å²) < 4.78 is 7.74. The van der Waals surface area contributed by atoms with Gasteiger partial charge in [-0.05, 0) is 18.9 Å². The Balaban J connectivity index is 1.61. The summed E-state index contributed by atoms with van der Waals surface area (Å²) in [6.07, 6.45) is 6.24. The molecule has 2 aliphatic heterocycles. The minimum Gasteiger partial charge on any atom is -0.373 e. The molecule has 1 aromatic heterocycles. The number of nitrogens with two attached hydrogens (primary N) is 1. The predicted octanol–water partition coefficient (Wildman–Crippen LogP) is 2.10. The molecule has 5 rings (SSSR count). The molecule has 1 aliphatic carbocycles. The lowest BCUT2D eigenvalue weighted by molar-refractivity contribution is 0.0799. The molecule has 25 heavy (non-hydrogen) atoms. The minimum absolute atomic E-state index is 0.323. The number of rotatable bonds is 3. The van der Waals surface area contributed by atoms with Crippen molar-refractivity contribution in [2.75, 3.05) is 6.61 Å². The van der Waals surface area contributed by atoms with Gasteiger partial charge in [0.25, 0.3) is 0 Å². The number of aromatic nitrogens is 2. The van der Waals surface area contributed by atoms with Gasteiger partial charge in [-0.3, -0.25) is 10.4 Å². The van der Waals surface area contributed by atoms with E-state index in [0.717, 1.165) is 34.8 Å². The van der Waals surface area contributed by atoms with Crippen molar-refractivity contribution in [1.82, 2.24) is 14.7 Å². The molecule has 1 fully saturated rings. The third-order valence-corrected chi connectivity index (χ3v) is 5.00. The summed E-state index contributed by atoms with van der Waals surface area (Å²) in [4.78, 5) is 6.94. The van der Waals surface area contributed by atoms with Crippen LogP contribution in [0.3, 0.4) is 0 Å². The molecule has 6 nitrogen and oxygen atoms in total. The van der Waals surface area contributed by atoms with E-state index in [4.69, 9.17) is 20.6 Å². The Bertz CT molecular complexity index is 850. The van der Waals surface area contributed by atoms with E-state index in [1.807, 2.05) is 18.2 Å². The van der Waals surface area contributed by atoms with E-state index in [0.29, 0.717) is 19.3 Å². The molecule has 128 valence electrons. The van der Waals surface area contributed by atoms with Crippen LogP contribution in [-0.4, -0.2) is 39.3 Å². The smallest absolute Gasteiger partial charge is 0.174 e. The van der Waals surface area contributed by atoms with Gasteiger partial charge in [-0.1, -0.05) is 30.3 Å².